The number of aromatic nitrogens is 3. The Morgan fingerprint density at radius 3 is 2.95 bits per heavy atom. The molecule has 0 atom stereocenters. The highest BCUT2D eigenvalue weighted by Gasteiger charge is 2.30. The van der Waals surface area contributed by atoms with Crippen molar-refractivity contribution in [2.24, 2.45) is 0 Å². The van der Waals surface area contributed by atoms with Crippen molar-refractivity contribution in [1.82, 2.24) is 20.3 Å². The Kier molecular flexibility index (Phi) is 3.04. The quantitative estimate of drug-likeness (QED) is 0.941. The molecule has 0 amide bonds. The highest BCUT2D eigenvalue weighted by Crippen LogP contribution is 2.41. The van der Waals surface area contributed by atoms with Crippen LogP contribution in [0.25, 0.3) is 0 Å². The Hall–Kier alpha value is -1.33. The van der Waals surface area contributed by atoms with Crippen molar-refractivity contribution in [3.63, 3.8) is 0 Å². The third kappa shape index (κ3) is 2.36. The van der Waals surface area contributed by atoms with Crippen molar-refractivity contribution >= 4 is 11.3 Å². The SMILES string of the molecule is Cc1nc(Cc2nc3c(c(C4CC4)n2)CNCC3)cs1. The van der Waals surface area contributed by atoms with Crippen molar-refractivity contribution in [3.05, 3.63) is 38.9 Å². The minimum atomic E-state index is 0.683. The van der Waals surface area contributed by atoms with Crippen molar-refractivity contribution in [1.29, 1.82) is 0 Å². The molecule has 2 aromatic rings. The average Bonchev–Trinajstić information content (AvgIpc) is 3.22. The normalized spacial score (nSPS) is 18.1. The molecule has 0 spiro atoms. The second kappa shape index (κ2) is 4.90. The van der Waals surface area contributed by atoms with Crippen LogP contribution in [0.15, 0.2) is 5.38 Å². The first-order valence-corrected chi connectivity index (χ1v) is 8.18. The fraction of sp³-hybridized carbons (Fsp3) is 0.533. The second-order valence-electron chi connectivity index (χ2n) is 5.69. The van der Waals surface area contributed by atoms with Gasteiger partial charge in [0.2, 0.25) is 0 Å². The van der Waals surface area contributed by atoms with Crippen LogP contribution in [0.2, 0.25) is 0 Å². The van der Waals surface area contributed by atoms with Crippen molar-refractivity contribution in [3.8, 4) is 0 Å². The van der Waals surface area contributed by atoms with E-state index in [0.29, 0.717) is 5.92 Å². The van der Waals surface area contributed by atoms with Gasteiger partial charge in [-0.2, -0.15) is 0 Å². The number of thiazole rings is 1. The summed E-state index contributed by atoms with van der Waals surface area (Å²) in [6, 6.07) is 0. The maximum atomic E-state index is 4.87. The predicted octanol–water partition coefficient (Wildman–Crippen LogP) is 2.36. The topological polar surface area (TPSA) is 50.7 Å². The van der Waals surface area contributed by atoms with Gasteiger partial charge in [-0.3, -0.25) is 0 Å². The minimum absolute atomic E-state index is 0.683. The summed E-state index contributed by atoms with van der Waals surface area (Å²) in [7, 11) is 0. The Bertz CT molecular complexity index is 645. The van der Waals surface area contributed by atoms with E-state index in [0.717, 1.165) is 42.5 Å². The van der Waals surface area contributed by atoms with Gasteiger partial charge in [0.15, 0.2) is 0 Å². The largest absolute Gasteiger partial charge is 0.312 e. The highest BCUT2D eigenvalue weighted by molar-refractivity contribution is 7.09. The smallest absolute Gasteiger partial charge is 0.134 e. The molecule has 0 unspecified atom stereocenters. The third-order valence-electron chi connectivity index (χ3n) is 3.98. The number of rotatable bonds is 3. The molecule has 0 aromatic carbocycles. The Balaban J connectivity index is 1.70. The number of fused-ring (bicyclic) bond motifs is 1. The van der Waals surface area contributed by atoms with E-state index < -0.39 is 0 Å². The van der Waals surface area contributed by atoms with Crippen LogP contribution in [0, 0.1) is 6.92 Å². The molecule has 0 radical (unpaired) electrons. The summed E-state index contributed by atoms with van der Waals surface area (Å²) in [4.78, 5) is 14.2. The fourth-order valence-electron chi connectivity index (χ4n) is 2.85. The van der Waals surface area contributed by atoms with Gasteiger partial charge in [-0.05, 0) is 19.8 Å². The molecule has 3 heterocycles. The number of hydrogen-bond donors (Lipinski definition) is 1. The lowest BCUT2D eigenvalue weighted by molar-refractivity contribution is 0.610. The van der Waals surface area contributed by atoms with Crippen molar-refractivity contribution in [2.75, 3.05) is 6.54 Å². The summed E-state index contributed by atoms with van der Waals surface area (Å²) in [5.74, 6) is 1.64. The summed E-state index contributed by atoms with van der Waals surface area (Å²) in [5.41, 5.74) is 5.05. The van der Waals surface area contributed by atoms with Gasteiger partial charge in [0.1, 0.15) is 5.82 Å². The van der Waals surface area contributed by atoms with Crippen molar-refractivity contribution < 1.29 is 0 Å². The zero-order valence-corrected chi connectivity index (χ0v) is 12.5. The summed E-state index contributed by atoms with van der Waals surface area (Å²) < 4.78 is 0. The van der Waals surface area contributed by atoms with Crippen LogP contribution in [0.5, 0.6) is 0 Å². The molecule has 2 aliphatic rings. The lowest BCUT2D eigenvalue weighted by Gasteiger charge is -2.20. The van der Waals surface area contributed by atoms with E-state index in [1.54, 1.807) is 11.3 Å². The first kappa shape index (κ1) is 12.4. The molecule has 4 nitrogen and oxygen atoms in total. The second-order valence-corrected chi connectivity index (χ2v) is 6.75. The van der Waals surface area contributed by atoms with E-state index in [1.165, 1.54) is 29.8 Å². The van der Waals surface area contributed by atoms with Gasteiger partial charge in [-0.1, -0.05) is 0 Å². The molecule has 1 N–H and O–H groups in total. The van der Waals surface area contributed by atoms with Crippen LogP contribution in [-0.2, 0) is 19.4 Å². The van der Waals surface area contributed by atoms with Crippen LogP contribution < -0.4 is 5.32 Å². The molecular formula is C15H18N4S. The zero-order chi connectivity index (χ0) is 13.5. The van der Waals surface area contributed by atoms with E-state index in [4.69, 9.17) is 9.97 Å². The van der Waals surface area contributed by atoms with Gasteiger partial charge in [0.05, 0.1) is 28.5 Å². The first-order valence-electron chi connectivity index (χ1n) is 7.30. The van der Waals surface area contributed by atoms with E-state index in [9.17, 15) is 0 Å². The van der Waals surface area contributed by atoms with E-state index >= 15 is 0 Å². The predicted molar refractivity (Wildman–Crippen MR) is 79.1 cm³/mol. The molecule has 1 aliphatic heterocycles. The van der Waals surface area contributed by atoms with Crippen LogP contribution in [0.1, 0.15) is 52.2 Å². The number of nitrogens with zero attached hydrogens (tertiary/aromatic N) is 3. The summed E-state index contributed by atoms with van der Waals surface area (Å²) >= 11 is 1.70. The van der Waals surface area contributed by atoms with Crippen molar-refractivity contribution in [2.45, 2.75) is 45.1 Å². The Labute approximate surface area is 122 Å². The summed E-state index contributed by atoms with van der Waals surface area (Å²) in [6.45, 7) is 4.02. The Morgan fingerprint density at radius 1 is 1.30 bits per heavy atom. The lowest BCUT2D eigenvalue weighted by atomic mass is 10.0. The lowest BCUT2D eigenvalue weighted by Crippen LogP contribution is -2.27. The molecule has 0 bridgehead atoms. The average molecular weight is 286 g/mol. The molecule has 2 aromatic heterocycles. The summed E-state index contributed by atoms with van der Waals surface area (Å²) in [5, 5.41) is 6.68. The highest BCUT2D eigenvalue weighted by atomic mass is 32.1. The number of aryl methyl sites for hydroxylation is 1. The van der Waals surface area contributed by atoms with Gasteiger partial charge in [-0.25, -0.2) is 15.0 Å². The van der Waals surface area contributed by atoms with Crippen LogP contribution in [0.4, 0.5) is 0 Å². The van der Waals surface area contributed by atoms with Gasteiger partial charge < -0.3 is 5.32 Å². The standard InChI is InChI=1S/C15H18N4S/c1-9-17-11(8-20-9)6-14-18-13-4-5-16-7-12(13)15(19-14)10-2-3-10/h8,10,16H,2-7H2,1H3. The molecular weight excluding hydrogens is 268 g/mol. The Morgan fingerprint density at radius 2 is 2.20 bits per heavy atom. The van der Waals surface area contributed by atoms with Gasteiger partial charge in [-0.15, -0.1) is 11.3 Å². The maximum absolute atomic E-state index is 4.87. The van der Waals surface area contributed by atoms with Crippen LogP contribution in [0.3, 0.4) is 0 Å². The summed E-state index contributed by atoms with van der Waals surface area (Å²) in [6.07, 6.45) is 4.38. The molecule has 4 rings (SSSR count). The van der Waals surface area contributed by atoms with Crippen LogP contribution >= 0.6 is 11.3 Å². The van der Waals surface area contributed by atoms with E-state index in [-0.39, 0.29) is 0 Å². The molecule has 0 saturated heterocycles. The molecule has 5 heteroatoms. The third-order valence-corrected chi connectivity index (χ3v) is 4.80. The van der Waals surface area contributed by atoms with E-state index in [1.807, 2.05) is 6.92 Å². The number of hydrogen-bond acceptors (Lipinski definition) is 5. The molecule has 104 valence electrons. The fourth-order valence-corrected chi connectivity index (χ4v) is 3.46. The van der Waals surface area contributed by atoms with Crippen LogP contribution in [-0.4, -0.2) is 21.5 Å². The van der Waals surface area contributed by atoms with Gasteiger partial charge in [0.25, 0.3) is 0 Å². The molecule has 1 fully saturated rings. The maximum Gasteiger partial charge on any atom is 0.134 e. The molecule has 20 heavy (non-hydrogen) atoms. The monoisotopic (exact) mass is 286 g/mol. The zero-order valence-electron chi connectivity index (χ0n) is 11.6. The first-order chi connectivity index (χ1) is 9.79. The van der Waals surface area contributed by atoms with E-state index in [2.05, 4.69) is 15.7 Å². The van der Waals surface area contributed by atoms with Gasteiger partial charge in [0, 0.05) is 36.4 Å². The minimum Gasteiger partial charge on any atom is -0.312 e. The van der Waals surface area contributed by atoms with Gasteiger partial charge >= 0.3 is 0 Å². The molecule has 1 aliphatic carbocycles. The number of nitrogens with one attached hydrogen (secondary N) is 1. The molecule has 1 saturated carbocycles.